The van der Waals surface area contributed by atoms with E-state index < -0.39 is 6.43 Å². The van der Waals surface area contributed by atoms with Crippen LogP contribution in [-0.4, -0.2) is 15.0 Å². The van der Waals surface area contributed by atoms with Crippen molar-refractivity contribution in [1.29, 1.82) is 0 Å². The van der Waals surface area contributed by atoms with Crippen LogP contribution in [0.5, 0.6) is 0 Å². The summed E-state index contributed by atoms with van der Waals surface area (Å²) in [6.45, 7) is -0.00644. The summed E-state index contributed by atoms with van der Waals surface area (Å²) in [5.41, 5.74) is 4.98. The second kappa shape index (κ2) is 2.91. The van der Waals surface area contributed by atoms with Gasteiger partial charge in [0.2, 0.25) is 0 Å². The number of nitrogens with two attached hydrogens (primary N) is 1. The van der Waals surface area contributed by atoms with Gasteiger partial charge in [-0.25, -0.2) is 8.78 Å². The predicted molar refractivity (Wildman–Crippen MR) is 33.9 cm³/mol. The van der Waals surface area contributed by atoms with Crippen LogP contribution in [0.1, 0.15) is 17.8 Å². The largest absolute Gasteiger partial charge is 0.325 e. The zero-order valence-corrected chi connectivity index (χ0v) is 5.96. The first-order valence-corrected chi connectivity index (χ1v) is 3.03. The van der Waals surface area contributed by atoms with Crippen molar-refractivity contribution in [3.8, 4) is 0 Å². The number of aryl methyl sites for hydroxylation is 1. The standard InChI is InChI=1S/C5H8F2N4/c1-11-9-3(2-8)4(10-11)5(6)7/h5H,2,8H2,1H3. The van der Waals surface area contributed by atoms with Gasteiger partial charge in [0.1, 0.15) is 5.69 Å². The molecular weight excluding hydrogens is 154 g/mol. The number of halogens is 2. The fraction of sp³-hybridized carbons (Fsp3) is 0.600. The molecule has 0 aromatic carbocycles. The van der Waals surface area contributed by atoms with Crippen LogP contribution in [0.2, 0.25) is 0 Å². The van der Waals surface area contributed by atoms with Crippen molar-refractivity contribution in [3.63, 3.8) is 0 Å². The molecule has 0 fully saturated rings. The van der Waals surface area contributed by atoms with Crippen LogP contribution in [0.4, 0.5) is 8.78 Å². The molecule has 1 heterocycles. The Morgan fingerprint density at radius 3 is 2.55 bits per heavy atom. The van der Waals surface area contributed by atoms with Crippen LogP contribution in [-0.2, 0) is 13.6 Å². The molecule has 0 spiro atoms. The number of rotatable bonds is 2. The summed E-state index contributed by atoms with van der Waals surface area (Å²) in [7, 11) is 1.48. The van der Waals surface area contributed by atoms with Crippen LogP contribution >= 0.6 is 0 Å². The molecular formula is C5H8F2N4. The third-order valence-corrected chi connectivity index (χ3v) is 1.21. The first kappa shape index (κ1) is 8.06. The monoisotopic (exact) mass is 162 g/mol. The van der Waals surface area contributed by atoms with Crippen molar-refractivity contribution < 1.29 is 8.78 Å². The van der Waals surface area contributed by atoms with E-state index >= 15 is 0 Å². The smallest absolute Gasteiger partial charge is 0.284 e. The summed E-state index contributed by atoms with van der Waals surface area (Å²) >= 11 is 0. The number of aromatic nitrogens is 3. The highest BCUT2D eigenvalue weighted by atomic mass is 19.3. The highest BCUT2D eigenvalue weighted by molar-refractivity contribution is 5.09. The van der Waals surface area contributed by atoms with Crippen molar-refractivity contribution in [3.05, 3.63) is 11.4 Å². The quantitative estimate of drug-likeness (QED) is 0.676. The van der Waals surface area contributed by atoms with Gasteiger partial charge < -0.3 is 5.73 Å². The molecule has 0 aliphatic heterocycles. The number of alkyl halides is 2. The Labute approximate surface area is 62.0 Å². The van der Waals surface area contributed by atoms with Crippen LogP contribution in [0.3, 0.4) is 0 Å². The Morgan fingerprint density at radius 2 is 2.18 bits per heavy atom. The lowest BCUT2D eigenvalue weighted by Gasteiger charge is -1.92. The molecule has 0 saturated heterocycles. The van der Waals surface area contributed by atoms with Gasteiger partial charge in [-0.2, -0.15) is 15.0 Å². The third-order valence-electron chi connectivity index (χ3n) is 1.21. The van der Waals surface area contributed by atoms with Gasteiger partial charge in [-0.15, -0.1) is 0 Å². The topological polar surface area (TPSA) is 56.7 Å². The Kier molecular flexibility index (Phi) is 2.13. The van der Waals surface area contributed by atoms with E-state index in [1.54, 1.807) is 0 Å². The van der Waals surface area contributed by atoms with Gasteiger partial charge in [-0.1, -0.05) is 0 Å². The van der Waals surface area contributed by atoms with E-state index in [9.17, 15) is 8.78 Å². The molecule has 2 N–H and O–H groups in total. The summed E-state index contributed by atoms with van der Waals surface area (Å²) in [6.07, 6.45) is -2.60. The van der Waals surface area contributed by atoms with E-state index in [-0.39, 0.29) is 17.9 Å². The Balaban J connectivity index is 3.02. The predicted octanol–water partition coefficient (Wildman–Crippen LogP) is 0.211. The molecule has 1 aromatic rings. The van der Waals surface area contributed by atoms with E-state index in [4.69, 9.17) is 5.73 Å². The van der Waals surface area contributed by atoms with Crippen molar-refractivity contribution in [2.24, 2.45) is 12.8 Å². The Hall–Kier alpha value is -1.04. The van der Waals surface area contributed by atoms with Gasteiger partial charge in [0.15, 0.2) is 5.69 Å². The minimum absolute atomic E-state index is 0.00644. The van der Waals surface area contributed by atoms with E-state index in [2.05, 4.69) is 10.2 Å². The first-order chi connectivity index (χ1) is 5.15. The number of nitrogens with zero attached hydrogens (tertiary/aromatic N) is 3. The van der Waals surface area contributed by atoms with Gasteiger partial charge in [-0.05, 0) is 0 Å². The van der Waals surface area contributed by atoms with Crippen LogP contribution in [0.15, 0.2) is 0 Å². The second-order valence-corrected chi connectivity index (χ2v) is 2.03. The highest BCUT2D eigenvalue weighted by Gasteiger charge is 2.17. The van der Waals surface area contributed by atoms with Gasteiger partial charge in [0.25, 0.3) is 6.43 Å². The zero-order chi connectivity index (χ0) is 8.43. The summed E-state index contributed by atoms with van der Waals surface area (Å²) in [4.78, 5) is 1.09. The molecule has 1 aromatic heterocycles. The third kappa shape index (κ3) is 1.51. The molecule has 0 atom stereocenters. The van der Waals surface area contributed by atoms with Gasteiger partial charge in [0.05, 0.1) is 0 Å². The maximum absolute atomic E-state index is 12.1. The zero-order valence-electron chi connectivity index (χ0n) is 5.96. The van der Waals surface area contributed by atoms with Crippen molar-refractivity contribution in [2.75, 3.05) is 0 Å². The van der Waals surface area contributed by atoms with Crippen molar-refractivity contribution in [1.82, 2.24) is 15.0 Å². The Morgan fingerprint density at radius 1 is 1.55 bits per heavy atom. The average Bonchev–Trinajstić information content (AvgIpc) is 2.30. The summed E-state index contributed by atoms with van der Waals surface area (Å²) in [5, 5.41) is 7.11. The fourth-order valence-electron chi connectivity index (χ4n) is 0.777. The minimum Gasteiger partial charge on any atom is -0.325 e. The number of hydrogen-bond acceptors (Lipinski definition) is 3. The summed E-state index contributed by atoms with van der Waals surface area (Å²) in [6, 6.07) is 0. The molecule has 62 valence electrons. The molecule has 1 rings (SSSR count). The molecule has 4 nitrogen and oxygen atoms in total. The lowest BCUT2D eigenvalue weighted by molar-refractivity contribution is 0.144. The molecule has 0 radical (unpaired) electrons. The van der Waals surface area contributed by atoms with Crippen LogP contribution in [0.25, 0.3) is 0 Å². The molecule has 0 aliphatic rings. The molecule has 6 heteroatoms. The average molecular weight is 162 g/mol. The van der Waals surface area contributed by atoms with Gasteiger partial charge >= 0.3 is 0 Å². The fourth-order valence-corrected chi connectivity index (χ4v) is 0.777. The maximum Gasteiger partial charge on any atom is 0.284 e. The lowest BCUT2D eigenvalue weighted by Crippen LogP contribution is -2.01. The molecule has 0 bridgehead atoms. The maximum atomic E-state index is 12.1. The van der Waals surface area contributed by atoms with Crippen LogP contribution < -0.4 is 5.73 Å². The van der Waals surface area contributed by atoms with Crippen molar-refractivity contribution >= 4 is 0 Å². The number of hydrogen-bond donors (Lipinski definition) is 1. The van der Waals surface area contributed by atoms with Crippen molar-refractivity contribution in [2.45, 2.75) is 13.0 Å². The van der Waals surface area contributed by atoms with E-state index in [0.717, 1.165) is 4.80 Å². The van der Waals surface area contributed by atoms with Crippen LogP contribution in [0, 0.1) is 0 Å². The minimum atomic E-state index is -2.60. The normalized spacial score (nSPS) is 11.0. The highest BCUT2D eigenvalue weighted by Crippen LogP contribution is 2.18. The van der Waals surface area contributed by atoms with E-state index in [0.29, 0.717) is 0 Å². The van der Waals surface area contributed by atoms with Gasteiger partial charge in [-0.3, -0.25) is 0 Å². The molecule has 0 saturated carbocycles. The van der Waals surface area contributed by atoms with Gasteiger partial charge in [0, 0.05) is 13.6 Å². The van der Waals surface area contributed by atoms with E-state index in [1.165, 1.54) is 7.05 Å². The SMILES string of the molecule is Cn1nc(CN)c(C(F)F)n1. The molecule has 0 aliphatic carbocycles. The molecule has 0 amide bonds. The molecule has 0 unspecified atom stereocenters. The second-order valence-electron chi connectivity index (χ2n) is 2.03. The summed E-state index contributed by atoms with van der Waals surface area (Å²) < 4.78 is 24.1. The lowest BCUT2D eigenvalue weighted by atomic mass is 10.3. The molecule has 11 heavy (non-hydrogen) atoms. The summed E-state index contributed by atoms with van der Waals surface area (Å²) in [5.74, 6) is 0. The Bertz CT molecular complexity index is 245. The van der Waals surface area contributed by atoms with E-state index in [1.807, 2.05) is 0 Å². The first-order valence-electron chi connectivity index (χ1n) is 3.03.